The first-order valence-corrected chi connectivity index (χ1v) is 9.37. The van der Waals surface area contributed by atoms with Gasteiger partial charge < -0.3 is 14.1 Å². The lowest BCUT2D eigenvalue weighted by atomic mass is 10.3. The van der Waals surface area contributed by atoms with Gasteiger partial charge in [0.15, 0.2) is 6.61 Å². The predicted octanol–water partition coefficient (Wildman–Crippen LogP) is 3.57. The van der Waals surface area contributed by atoms with Crippen LogP contribution in [0.2, 0.25) is 0 Å². The van der Waals surface area contributed by atoms with Gasteiger partial charge in [-0.2, -0.15) is 0 Å². The van der Waals surface area contributed by atoms with E-state index in [0.29, 0.717) is 0 Å². The van der Waals surface area contributed by atoms with Crippen molar-refractivity contribution < 1.29 is 23.7 Å². The van der Waals surface area contributed by atoms with E-state index in [1.807, 2.05) is 31.2 Å². The molecule has 0 aliphatic heterocycles. The van der Waals surface area contributed by atoms with Gasteiger partial charge >= 0.3 is 11.9 Å². The van der Waals surface area contributed by atoms with Crippen LogP contribution in [-0.4, -0.2) is 40.3 Å². The molecule has 0 unspecified atom stereocenters. The molecule has 29 heavy (non-hydrogen) atoms. The van der Waals surface area contributed by atoms with Gasteiger partial charge in [-0.05, 0) is 31.2 Å². The van der Waals surface area contributed by atoms with Crippen molar-refractivity contribution in [2.75, 3.05) is 13.7 Å². The number of fused-ring (bicyclic) bond motifs is 1. The fourth-order valence-electron chi connectivity index (χ4n) is 2.41. The van der Waals surface area contributed by atoms with Crippen molar-refractivity contribution in [2.24, 2.45) is 0 Å². The molecule has 1 atom stereocenters. The second-order valence-electron chi connectivity index (χ2n) is 6.07. The number of hydrogen-bond acceptors (Lipinski definition) is 8. The lowest BCUT2D eigenvalue weighted by Gasteiger charge is -2.22. The van der Waals surface area contributed by atoms with Gasteiger partial charge in [0.25, 0.3) is 5.91 Å². The smallest absolute Gasteiger partial charge is 0.433 e. The van der Waals surface area contributed by atoms with E-state index < -0.39 is 23.4 Å². The zero-order valence-electron chi connectivity index (χ0n) is 15.6. The molecular weight excluding hydrogens is 398 g/mol. The summed E-state index contributed by atoms with van der Waals surface area (Å²) >= 11 is 1.50. The standard InChI is InChI=1S/C19H17N3O6S/c1-12(19-20-14-5-3-4-6-15(14)29-19)21(2)16(23)11-27-18(24)10-8-13-7-9-17(28-13)22(25)26/h3-10,12H,11H2,1-2H3/b10-8+/t12-/m0/s1. The number of para-hydroxylation sites is 1. The molecule has 0 radical (unpaired) electrons. The van der Waals surface area contributed by atoms with Crippen LogP contribution in [0.1, 0.15) is 23.7 Å². The summed E-state index contributed by atoms with van der Waals surface area (Å²) in [4.78, 5) is 40.0. The topological polar surface area (TPSA) is 116 Å². The zero-order chi connectivity index (χ0) is 21.0. The molecule has 0 aliphatic rings. The zero-order valence-corrected chi connectivity index (χ0v) is 16.4. The van der Waals surface area contributed by atoms with Crippen molar-refractivity contribution in [3.63, 3.8) is 0 Å². The summed E-state index contributed by atoms with van der Waals surface area (Å²) in [5, 5.41) is 11.3. The number of hydrogen-bond donors (Lipinski definition) is 0. The first-order valence-electron chi connectivity index (χ1n) is 8.55. The van der Waals surface area contributed by atoms with Crippen molar-refractivity contribution in [1.82, 2.24) is 9.88 Å². The summed E-state index contributed by atoms with van der Waals surface area (Å²) in [6, 6.07) is 9.95. The number of rotatable bonds is 7. The number of amides is 1. The van der Waals surface area contributed by atoms with Gasteiger partial charge in [-0.25, -0.2) is 9.78 Å². The van der Waals surface area contributed by atoms with Gasteiger partial charge in [0.1, 0.15) is 15.7 Å². The molecule has 3 rings (SSSR count). The third-order valence-electron chi connectivity index (χ3n) is 4.16. The van der Waals surface area contributed by atoms with E-state index in [-0.39, 0.29) is 17.7 Å². The molecule has 0 spiro atoms. The number of benzene rings is 1. The summed E-state index contributed by atoms with van der Waals surface area (Å²) in [6.45, 7) is 1.41. The highest BCUT2D eigenvalue weighted by molar-refractivity contribution is 7.18. The first-order chi connectivity index (χ1) is 13.8. The average molecular weight is 415 g/mol. The molecule has 0 aliphatic carbocycles. The van der Waals surface area contributed by atoms with Crippen LogP contribution in [0.25, 0.3) is 16.3 Å². The molecule has 10 heteroatoms. The Kier molecular flexibility index (Phi) is 6.03. The molecule has 150 valence electrons. The van der Waals surface area contributed by atoms with E-state index in [1.165, 1.54) is 34.4 Å². The maximum atomic E-state index is 12.3. The molecule has 0 bridgehead atoms. The number of furan rings is 1. The number of thiazole rings is 1. The molecule has 0 saturated heterocycles. The highest BCUT2D eigenvalue weighted by Gasteiger charge is 2.21. The van der Waals surface area contributed by atoms with Crippen LogP contribution in [-0.2, 0) is 14.3 Å². The van der Waals surface area contributed by atoms with Crippen LogP contribution >= 0.6 is 11.3 Å². The fourth-order valence-corrected chi connectivity index (χ4v) is 3.48. The molecule has 1 aromatic carbocycles. The Morgan fingerprint density at radius 3 is 2.79 bits per heavy atom. The Hall–Kier alpha value is -3.53. The molecule has 2 aromatic heterocycles. The fraction of sp³-hybridized carbons (Fsp3) is 0.211. The number of likely N-dealkylation sites (N-methyl/N-ethyl adjacent to an activating group) is 1. The molecule has 0 N–H and O–H groups in total. The molecule has 0 saturated carbocycles. The van der Waals surface area contributed by atoms with E-state index >= 15 is 0 Å². The van der Waals surface area contributed by atoms with Gasteiger partial charge in [0.2, 0.25) is 0 Å². The minimum Gasteiger partial charge on any atom is -0.452 e. The predicted molar refractivity (Wildman–Crippen MR) is 106 cm³/mol. The van der Waals surface area contributed by atoms with Crippen LogP contribution in [0.15, 0.2) is 46.9 Å². The van der Waals surface area contributed by atoms with Gasteiger partial charge in [-0.15, -0.1) is 11.3 Å². The molecule has 2 heterocycles. The summed E-state index contributed by atoms with van der Waals surface area (Å²) in [5.74, 6) is -1.45. The van der Waals surface area contributed by atoms with Crippen molar-refractivity contribution in [2.45, 2.75) is 13.0 Å². The van der Waals surface area contributed by atoms with E-state index in [9.17, 15) is 19.7 Å². The maximum Gasteiger partial charge on any atom is 0.433 e. The largest absolute Gasteiger partial charge is 0.452 e. The van der Waals surface area contributed by atoms with E-state index in [1.54, 1.807) is 7.05 Å². The van der Waals surface area contributed by atoms with Gasteiger partial charge in [-0.1, -0.05) is 12.1 Å². The highest BCUT2D eigenvalue weighted by Crippen LogP contribution is 2.28. The molecule has 3 aromatic rings. The van der Waals surface area contributed by atoms with E-state index in [2.05, 4.69) is 4.98 Å². The van der Waals surface area contributed by atoms with Crippen molar-refractivity contribution in [1.29, 1.82) is 0 Å². The first kappa shape index (κ1) is 20.2. The van der Waals surface area contributed by atoms with Gasteiger partial charge in [0.05, 0.1) is 22.3 Å². The van der Waals surface area contributed by atoms with Crippen LogP contribution in [0.3, 0.4) is 0 Å². The summed E-state index contributed by atoms with van der Waals surface area (Å²) in [6.07, 6.45) is 2.26. The minimum absolute atomic E-state index is 0.126. The maximum absolute atomic E-state index is 12.3. The number of ether oxygens (including phenoxy) is 1. The number of nitrogens with zero attached hydrogens (tertiary/aromatic N) is 3. The lowest BCUT2D eigenvalue weighted by molar-refractivity contribution is -0.402. The number of carbonyl (C=O) groups excluding carboxylic acids is 2. The second-order valence-corrected chi connectivity index (χ2v) is 7.14. The van der Waals surface area contributed by atoms with Crippen LogP contribution in [0, 0.1) is 10.1 Å². The number of aromatic nitrogens is 1. The van der Waals surface area contributed by atoms with Gasteiger partial charge in [-0.3, -0.25) is 14.9 Å². The number of nitro groups is 1. The van der Waals surface area contributed by atoms with E-state index in [4.69, 9.17) is 9.15 Å². The summed E-state index contributed by atoms with van der Waals surface area (Å²) in [7, 11) is 1.62. The van der Waals surface area contributed by atoms with Crippen LogP contribution in [0.4, 0.5) is 5.88 Å². The number of esters is 1. The SMILES string of the molecule is C[C@@H](c1nc2ccccc2s1)N(C)C(=O)COC(=O)/C=C/c1ccc([N+](=O)[O-])o1. The Labute approximate surface area is 169 Å². The van der Waals surface area contributed by atoms with Crippen molar-refractivity contribution >= 4 is 45.4 Å². The van der Waals surface area contributed by atoms with Crippen molar-refractivity contribution in [3.05, 3.63) is 63.4 Å². The van der Waals surface area contributed by atoms with Crippen LogP contribution in [0.5, 0.6) is 0 Å². The monoisotopic (exact) mass is 415 g/mol. The Morgan fingerprint density at radius 1 is 1.34 bits per heavy atom. The molecule has 9 nitrogen and oxygen atoms in total. The summed E-state index contributed by atoms with van der Waals surface area (Å²) < 4.78 is 10.9. The average Bonchev–Trinajstić information content (AvgIpc) is 3.36. The molecular formula is C19H17N3O6S. The summed E-state index contributed by atoms with van der Waals surface area (Å²) in [5.41, 5.74) is 0.870. The highest BCUT2D eigenvalue weighted by atomic mass is 32.1. The molecule has 1 amide bonds. The Bertz CT molecular complexity index is 1050. The van der Waals surface area contributed by atoms with E-state index in [0.717, 1.165) is 21.3 Å². The molecule has 0 fully saturated rings. The Morgan fingerprint density at radius 2 is 2.10 bits per heavy atom. The van der Waals surface area contributed by atoms with Crippen molar-refractivity contribution in [3.8, 4) is 0 Å². The van der Waals surface area contributed by atoms with Crippen LogP contribution < -0.4 is 0 Å². The normalized spacial score (nSPS) is 12.2. The second kappa shape index (κ2) is 8.65. The Balaban J connectivity index is 1.54. The third kappa shape index (κ3) is 4.85. The minimum atomic E-state index is -0.765. The quantitative estimate of drug-likeness (QED) is 0.251. The van der Waals surface area contributed by atoms with Gasteiger partial charge in [0, 0.05) is 13.1 Å². The lowest BCUT2D eigenvalue weighted by Crippen LogP contribution is -2.33. The third-order valence-corrected chi connectivity index (χ3v) is 5.36. The number of carbonyl (C=O) groups is 2.